The van der Waals surface area contributed by atoms with Crippen LogP contribution in [0.4, 0.5) is 0 Å². The van der Waals surface area contributed by atoms with Gasteiger partial charge in [0.1, 0.15) is 18.5 Å². The fourth-order valence-corrected chi connectivity index (χ4v) is 1.50. The molecular weight excluding hydrogens is 214 g/mol. The topological polar surface area (TPSA) is 41.5 Å². The van der Waals surface area contributed by atoms with E-state index in [2.05, 4.69) is 32.2 Å². The summed E-state index contributed by atoms with van der Waals surface area (Å²) in [7, 11) is 0. The van der Waals surface area contributed by atoms with E-state index < -0.39 is 6.10 Å². The number of aryl methyl sites for hydroxylation is 1. The fourth-order valence-electron chi connectivity index (χ4n) is 1.50. The van der Waals surface area contributed by atoms with Crippen LogP contribution < -0.4 is 10.1 Å². The highest BCUT2D eigenvalue weighted by Gasteiger charge is 2.07. The zero-order chi connectivity index (χ0) is 12.8. The summed E-state index contributed by atoms with van der Waals surface area (Å²) in [6.07, 6.45) is -0.475. The Kier molecular flexibility index (Phi) is 5.45. The number of hydrogen-bond acceptors (Lipinski definition) is 3. The van der Waals surface area contributed by atoms with Gasteiger partial charge in [-0.2, -0.15) is 0 Å². The van der Waals surface area contributed by atoms with Gasteiger partial charge in [0.05, 0.1) is 0 Å². The lowest BCUT2D eigenvalue weighted by atomic mass is 10.1. The van der Waals surface area contributed by atoms with Crippen LogP contribution in [0.25, 0.3) is 0 Å². The molecule has 1 rings (SSSR count). The Morgan fingerprint density at radius 3 is 2.65 bits per heavy atom. The van der Waals surface area contributed by atoms with Gasteiger partial charge < -0.3 is 15.2 Å². The zero-order valence-corrected chi connectivity index (χ0v) is 11.2. The minimum atomic E-state index is -0.475. The van der Waals surface area contributed by atoms with Crippen LogP contribution in [0.2, 0.25) is 0 Å². The van der Waals surface area contributed by atoms with Crippen LogP contribution in [-0.2, 0) is 0 Å². The van der Waals surface area contributed by atoms with Crippen LogP contribution in [0.1, 0.15) is 25.0 Å². The van der Waals surface area contributed by atoms with E-state index in [0.717, 1.165) is 11.3 Å². The monoisotopic (exact) mass is 237 g/mol. The fraction of sp³-hybridized carbons (Fsp3) is 0.571. The van der Waals surface area contributed by atoms with Crippen molar-refractivity contribution in [3.05, 3.63) is 29.3 Å². The third-order valence-electron chi connectivity index (χ3n) is 2.75. The van der Waals surface area contributed by atoms with Crippen LogP contribution in [0, 0.1) is 13.8 Å². The molecule has 0 fully saturated rings. The second kappa shape index (κ2) is 6.62. The predicted molar refractivity (Wildman–Crippen MR) is 70.6 cm³/mol. The van der Waals surface area contributed by atoms with Crippen molar-refractivity contribution in [3.8, 4) is 5.75 Å². The maximum atomic E-state index is 9.73. The average molecular weight is 237 g/mol. The first-order chi connectivity index (χ1) is 8.00. The number of aliphatic hydroxyl groups excluding tert-OH is 1. The number of nitrogens with one attached hydrogen (secondary N) is 1. The molecule has 0 radical (unpaired) electrons. The van der Waals surface area contributed by atoms with E-state index in [9.17, 15) is 5.11 Å². The molecule has 1 aromatic carbocycles. The number of hydrogen-bond donors (Lipinski definition) is 2. The molecule has 0 bridgehead atoms. The van der Waals surface area contributed by atoms with Crippen molar-refractivity contribution in [3.63, 3.8) is 0 Å². The van der Waals surface area contributed by atoms with Gasteiger partial charge in [-0.25, -0.2) is 0 Å². The SMILES string of the molecule is Cc1cccc(OC[C@H](O)CNC(C)C)c1C. The van der Waals surface area contributed by atoms with E-state index in [1.54, 1.807) is 0 Å². The van der Waals surface area contributed by atoms with Crippen molar-refractivity contribution in [2.45, 2.75) is 39.8 Å². The molecule has 0 unspecified atom stereocenters. The molecule has 0 saturated heterocycles. The highest BCUT2D eigenvalue weighted by molar-refractivity contribution is 5.38. The lowest BCUT2D eigenvalue weighted by molar-refractivity contribution is 0.104. The molecule has 0 aliphatic rings. The summed E-state index contributed by atoms with van der Waals surface area (Å²) in [6, 6.07) is 6.34. The van der Waals surface area contributed by atoms with Gasteiger partial charge in [0.25, 0.3) is 0 Å². The van der Waals surface area contributed by atoms with E-state index in [4.69, 9.17) is 4.74 Å². The van der Waals surface area contributed by atoms with Crippen LogP contribution in [0.15, 0.2) is 18.2 Å². The van der Waals surface area contributed by atoms with Gasteiger partial charge in [-0.1, -0.05) is 26.0 Å². The van der Waals surface area contributed by atoms with Crippen molar-refractivity contribution in [1.29, 1.82) is 0 Å². The van der Waals surface area contributed by atoms with Crippen molar-refractivity contribution in [2.24, 2.45) is 0 Å². The van der Waals surface area contributed by atoms with Crippen molar-refractivity contribution in [1.82, 2.24) is 5.32 Å². The molecule has 1 atom stereocenters. The molecule has 0 amide bonds. The number of aliphatic hydroxyl groups is 1. The van der Waals surface area contributed by atoms with E-state index in [0.29, 0.717) is 19.2 Å². The molecular formula is C14H23NO2. The van der Waals surface area contributed by atoms with Crippen LogP contribution in [0.3, 0.4) is 0 Å². The largest absolute Gasteiger partial charge is 0.491 e. The van der Waals surface area contributed by atoms with Gasteiger partial charge in [0, 0.05) is 12.6 Å². The van der Waals surface area contributed by atoms with Crippen molar-refractivity contribution in [2.75, 3.05) is 13.2 Å². The van der Waals surface area contributed by atoms with Gasteiger partial charge in [-0.3, -0.25) is 0 Å². The molecule has 0 spiro atoms. The molecule has 1 aromatic rings. The summed E-state index contributed by atoms with van der Waals surface area (Å²) in [6.45, 7) is 9.07. The number of ether oxygens (including phenoxy) is 1. The van der Waals surface area contributed by atoms with Gasteiger partial charge in [0.15, 0.2) is 0 Å². The normalized spacial score (nSPS) is 12.8. The van der Waals surface area contributed by atoms with Gasteiger partial charge in [-0.05, 0) is 31.0 Å². The van der Waals surface area contributed by atoms with Crippen LogP contribution >= 0.6 is 0 Å². The minimum absolute atomic E-state index is 0.323. The first kappa shape index (κ1) is 14.0. The van der Waals surface area contributed by atoms with E-state index >= 15 is 0 Å². The Hall–Kier alpha value is -1.06. The van der Waals surface area contributed by atoms with E-state index in [1.165, 1.54) is 5.56 Å². The molecule has 3 nitrogen and oxygen atoms in total. The molecule has 0 aliphatic carbocycles. The summed E-state index contributed by atoms with van der Waals surface area (Å²) in [5.74, 6) is 0.855. The minimum Gasteiger partial charge on any atom is -0.491 e. The first-order valence-electron chi connectivity index (χ1n) is 6.11. The lowest BCUT2D eigenvalue weighted by Gasteiger charge is -2.16. The Morgan fingerprint density at radius 2 is 2.00 bits per heavy atom. The first-order valence-corrected chi connectivity index (χ1v) is 6.11. The summed E-state index contributed by atoms with van der Waals surface area (Å²) in [5.41, 5.74) is 2.34. The van der Waals surface area contributed by atoms with Crippen molar-refractivity contribution >= 4 is 0 Å². The number of rotatable bonds is 6. The molecule has 0 heterocycles. The highest BCUT2D eigenvalue weighted by atomic mass is 16.5. The summed E-state index contributed by atoms with van der Waals surface area (Å²) < 4.78 is 5.62. The Bertz CT molecular complexity index is 350. The Labute approximate surface area is 104 Å². The molecule has 0 saturated carbocycles. The Morgan fingerprint density at radius 1 is 1.29 bits per heavy atom. The molecule has 3 heteroatoms. The summed E-state index contributed by atoms with van der Waals surface area (Å²) in [4.78, 5) is 0. The third kappa shape index (κ3) is 4.75. The molecule has 96 valence electrons. The lowest BCUT2D eigenvalue weighted by Crippen LogP contribution is -2.35. The predicted octanol–water partition coefficient (Wildman–Crippen LogP) is 2.04. The van der Waals surface area contributed by atoms with Gasteiger partial charge >= 0.3 is 0 Å². The smallest absolute Gasteiger partial charge is 0.122 e. The van der Waals surface area contributed by atoms with Gasteiger partial charge in [0.2, 0.25) is 0 Å². The number of benzene rings is 1. The standard InChI is InChI=1S/C14H23NO2/c1-10(2)15-8-13(16)9-17-14-7-5-6-11(3)12(14)4/h5-7,10,13,15-16H,8-9H2,1-4H3/t13-/m1/s1. The van der Waals surface area contributed by atoms with E-state index in [-0.39, 0.29) is 0 Å². The zero-order valence-electron chi connectivity index (χ0n) is 11.2. The second-order valence-electron chi connectivity index (χ2n) is 4.73. The summed E-state index contributed by atoms with van der Waals surface area (Å²) >= 11 is 0. The van der Waals surface area contributed by atoms with Gasteiger partial charge in [-0.15, -0.1) is 0 Å². The average Bonchev–Trinajstić information content (AvgIpc) is 2.28. The highest BCUT2D eigenvalue weighted by Crippen LogP contribution is 2.20. The maximum Gasteiger partial charge on any atom is 0.122 e. The third-order valence-corrected chi connectivity index (χ3v) is 2.75. The molecule has 2 N–H and O–H groups in total. The maximum absolute atomic E-state index is 9.73. The van der Waals surface area contributed by atoms with E-state index in [1.807, 2.05) is 19.1 Å². The van der Waals surface area contributed by atoms with Crippen LogP contribution in [-0.4, -0.2) is 30.4 Å². The van der Waals surface area contributed by atoms with Crippen molar-refractivity contribution < 1.29 is 9.84 Å². The quantitative estimate of drug-likeness (QED) is 0.795. The van der Waals surface area contributed by atoms with Crippen LogP contribution in [0.5, 0.6) is 5.75 Å². The second-order valence-corrected chi connectivity index (χ2v) is 4.73. The summed E-state index contributed by atoms with van der Waals surface area (Å²) in [5, 5.41) is 12.9. The molecule has 0 aliphatic heterocycles. The Balaban J connectivity index is 2.42. The molecule has 17 heavy (non-hydrogen) atoms. The molecule has 0 aromatic heterocycles.